The van der Waals surface area contributed by atoms with Gasteiger partial charge in [-0.15, -0.1) is 0 Å². The first-order chi connectivity index (χ1) is 6.22. The first kappa shape index (κ1) is 9.23. The molecule has 0 saturated heterocycles. The standard InChI is InChI=1S/C12H21N/c1-8-6-10(9(2)13-3)4-5-11-7-12(8)11/h8,10-12H,4-7H2,1-3H3. The third-order valence-corrected chi connectivity index (χ3v) is 4.19. The van der Waals surface area contributed by atoms with Gasteiger partial charge in [-0.2, -0.15) is 0 Å². The summed E-state index contributed by atoms with van der Waals surface area (Å²) in [5.74, 6) is 3.92. The summed E-state index contributed by atoms with van der Waals surface area (Å²) in [7, 11) is 1.94. The van der Waals surface area contributed by atoms with Gasteiger partial charge in [0.2, 0.25) is 0 Å². The molecule has 0 N–H and O–H groups in total. The second-order valence-electron chi connectivity index (χ2n) is 5.01. The first-order valence-electron chi connectivity index (χ1n) is 5.65. The van der Waals surface area contributed by atoms with Crippen molar-refractivity contribution in [3.8, 4) is 0 Å². The summed E-state index contributed by atoms with van der Waals surface area (Å²) in [6, 6.07) is 0. The SMILES string of the molecule is CN=C(C)C1CCC2CC2C(C)C1. The molecule has 2 fully saturated rings. The molecule has 2 aliphatic rings. The van der Waals surface area contributed by atoms with Crippen LogP contribution in [0, 0.1) is 23.7 Å². The van der Waals surface area contributed by atoms with E-state index >= 15 is 0 Å². The lowest BCUT2D eigenvalue weighted by molar-refractivity contribution is 0.428. The zero-order chi connectivity index (χ0) is 9.42. The molecule has 2 rings (SSSR count). The summed E-state index contributed by atoms with van der Waals surface area (Å²) in [6.07, 6.45) is 5.78. The molecule has 4 atom stereocenters. The minimum Gasteiger partial charge on any atom is -0.297 e. The minimum absolute atomic E-state index is 0.799. The van der Waals surface area contributed by atoms with Crippen LogP contribution in [0.4, 0.5) is 0 Å². The molecule has 0 aliphatic heterocycles. The summed E-state index contributed by atoms with van der Waals surface area (Å²) in [4.78, 5) is 4.34. The topological polar surface area (TPSA) is 12.4 Å². The van der Waals surface area contributed by atoms with Crippen LogP contribution in [0.15, 0.2) is 4.99 Å². The number of nitrogens with zero attached hydrogens (tertiary/aromatic N) is 1. The molecule has 0 aromatic carbocycles. The number of rotatable bonds is 1. The molecule has 1 nitrogen and oxygen atoms in total. The lowest BCUT2D eigenvalue weighted by Gasteiger charge is -2.17. The third-order valence-electron chi connectivity index (χ3n) is 4.19. The first-order valence-corrected chi connectivity index (χ1v) is 5.65. The molecule has 4 unspecified atom stereocenters. The molecular weight excluding hydrogens is 158 g/mol. The zero-order valence-corrected chi connectivity index (χ0v) is 9.09. The van der Waals surface area contributed by atoms with E-state index in [4.69, 9.17) is 0 Å². The van der Waals surface area contributed by atoms with Crippen molar-refractivity contribution >= 4 is 5.71 Å². The molecule has 0 bridgehead atoms. The molecule has 13 heavy (non-hydrogen) atoms. The van der Waals surface area contributed by atoms with Crippen molar-refractivity contribution in [2.75, 3.05) is 7.05 Å². The fourth-order valence-corrected chi connectivity index (χ4v) is 3.02. The quantitative estimate of drug-likeness (QED) is 0.548. The molecular formula is C12H21N. The second kappa shape index (κ2) is 3.43. The number of fused-ring (bicyclic) bond motifs is 1. The van der Waals surface area contributed by atoms with E-state index in [1.54, 1.807) is 0 Å². The summed E-state index contributed by atoms with van der Waals surface area (Å²) in [5, 5.41) is 0. The van der Waals surface area contributed by atoms with Gasteiger partial charge in [-0.05, 0) is 56.3 Å². The van der Waals surface area contributed by atoms with Crippen LogP contribution in [0.2, 0.25) is 0 Å². The summed E-state index contributed by atoms with van der Waals surface area (Å²) >= 11 is 0. The van der Waals surface area contributed by atoms with Crippen LogP contribution in [0.5, 0.6) is 0 Å². The summed E-state index contributed by atoms with van der Waals surface area (Å²) in [6.45, 7) is 4.64. The van der Waals surface area contributed by atoms with Crippen molar-refractivity contribution in [1.82, 2.24) is 0 Å². The lowest BCUT2D eigenvalue weighted by Crippen LogP contribution is -2.14. The Hall–Kier alpha value is -0.330. The Morgan fingerprint density at radius 2 is 2.00 bits per heavy atom. The van der Waals surface area contributed by atoms with Crippen LogP contribution in [-0.2, 0) is 0 Å². The Morgan fingerprint density at radius 3 is 2.69 bits per heavy atom. The second-order valence-corrected chi connectivity index (χ2v) is 5.01. The van der Waals surface area contributed by atoms with Gasteiger partial charge in [-0.25, -0.2) is 0 Å². The zero-order valence-electron chi connectivity index (χ0n) is 9.09. The highest BCUT2D eigenvalue weighted by Gasteiger charge is 2.43. The van der Waals surface area contributed by atoms with Crippen molar-refractivity contribution < 1.29 is 0 Å². The Balaban J connectivity index is 2.00. The fourth-order valence-electron chi connectivity index (χ4n) is 3.02. The molecule has 0 aromatic rings. The highest BCUT2D eigenvalue weighted by Crippen LogP contribution is 2.52. The molecule has 0 aromatic heterocycles. The maximum atomic E-state index is 4.34. The van der Waals surface area contributed by atoms with E-state index < -0.39 is 0 Å². The monoisotopic (exact) mass is 179 g/mol. The van der Waals surface area contributed by atoms with E-state index in [-0.39, 0.29) is 0 Å². The van der Waals surface area contributed by atoms with Gasteiger partial charge in [0.15, 0.2) is 0 Å². The largest absolute Gasteiger partial charge is 0.297 e. The van der Waals surface area contributed by atoms with Crippen molar-refractivity contribution in [3.05, 3.63) is 0 Å². The van der Waals surface area contributed by atoms with E-state index in [1.807, 2.05) is 7.05 Å². The van der Waals surface area contributed by atoms with Crippen molar-refractivity contribution in [2.45, 2.75) is 39.5 Å². The Labute approximate surface area is 81.6 Å². The van der Waals surface area contributed by atoms with Crippen LogP contribution >= 0.6 is 0 Å². The molecule has 0 radical (unpaired) electrons. The number of aliphatic imine (C=N–C) groups is 1. The van der Waals surface area contributed by atoms with Crippen molar-refractivity contribution in [1.29, 1.82) is 0 Å². The maximum Gasteiger partial charge on any atom is 0.0276 e. The van der Waals surface area contributed by atoms with E-state index in [0.29, 0.717) is 0 Å². The maximum absolute atomic E-state index is 4.34. The van der Waals surface area contributed by atoms with Crippen LogP contribution in [-0.4, -0.2) is 12.8 Å². The molecule has 74 valence electrons. The van der Waals surface area contributed by atoms with Gasteiger partial charge in [-0.1, -0.05) is 6.92 Å². The Morgan fingerprint density at radius 1 is 1.23 bits per heavy atom. The average Bonchev–Trinajstić information content (AvgIpc) is 2.88. The molecule has 2 aliphatic carbocycles. The van der Waals surface area contributed by atoms with Crippen molar-refractivity contribution in [3.63, 3.8) is 0 Å². The van der Waals surface area contributed by atoms with Crippen LogP contribution in [0.3, 0.4) is 0 Å². The van der Waals surface area contributed by atoms with E-state index in [9.17, 15) is 0 Å². The van der Waals surface area contributed by atoms with Crippen LogP contribution in [0.25, 0.3) is 0 Å². The summed E-state index contributed by atoms with van der Waals surface area (Å²) in [5.41, 5.74) is 1.38. The Bertz CT molecular complexity index is 219. The van der Waals surface area contributed by atoms with E-state index in [2.05, 4.69) is 18.8 Å². The van der Waals surface area contributed by atoms with Crippen LogP contribution in [0.1, 0.15) is 39.5 Å². The number of hydrogen-bond acceptors (Lipinski definition) is 1. The fraction of sp³-hybridized carbons (Fsp3) is 0.917. The van der Waals surface area contributed by atoms with Gasteiger partial charge in [-0.3, -0.25) is 4.99 Å². The molecule has 0 amide bonds. The van der Waals surface area contributed by atoms with Gasteiger partial charge >= 0.3 is 0 Å². The van der Waals surface area contributed by atoms with Gasteiger partial charge in [0.25, 0.3) is 0 Å². The predicted molar refractivity (Wildman–Crippen MR) is 57.1 cm³/mol. The van der Waals surface area contributed by atoms with Gasteiger partial charge < -0.3 is 0 Å². The van der Waals surface area contributed by atoms with E-state index in [0.717, 1.165) is 23.7 Å². The predicted octanol–water partition coefficient (Wildman–Crippen LogP) is 3.15. The highest BCUT2D eigenvalue weighted by molar-refractivity contribution is 5.84. The average molecular weight is 179 g/mol. The number of hydrogen-bond donors (Lipinski definition) is 0. The molecule has 2 saturated carbocycles. The van der Waals surface area contributed by atoms with Gasteiger partial charge in [0, 0.05) is 12.8 Å². The Kier molecular flexibility index (Phi) is 2.44. The highest BCUT2D eigenvalue weighted by atomic mass is 14.7. The van der Waals surface area contributed by atoms with Crippen molar-refractivity contribution in [2.24, 2.45) is 28.7 Å². The van der Waals surface area contributed by atoms with Gasteiger partial charge in [0.05, 0.1) is 0 Å². The summed E-state index contributed by atoms with van der Waals surface area (Å²) < 4.78 is 0. The lowest BCUT2D eigenvalue weighted by atomic mass is 9.89. The van der Waals surface area contributed by atoms with Gasteiger partial charge in [0.1, 0.15) is 0 Å². The minimum atomic E-state index is 0.799. The molecule has 1 heteroatoms. The normalized spacial score (nSPS) is 45.3. The molecule has 0 heterocycles. The third kappa shape index (κ3) is 1.79. The van der Waals surface area contributed by atoms with E-state index in [1.165, 1.54) is 31.4 Å². The van der Waals surface area contributed by atoms with Crippen LogP contribution < -0.4 is 0 Å². The smallest absolute Gasteiger partial charge is 0.0276 e. The molecule has 0 spiro atoms.